The molecule has 0 aliphatic heterocycles. The quantitative estimate of drug-likeness (QED) is 0.293. The Morgan fingerprint density at radius 2 is 1.88 bits per heavy atom. The van der Waals surface area contributed by atoms with Gasteiger partial charge in [-0.3, -0.25) is 0 Å². The summed E-state index contributed by atoms with van der Waals surface area (Å²) in [5.74, 6) is 0.493. The number of hydrogen-bond acceptors (Lipinski definition) is 5. The Labute approximate surface area is 146 Å². The maximum Gasteiger partial charge on any atom is 0.301 e. The number of benzene rings is 2. The Kier molecular flexibility index (Phi) is 6.78. The van der Waals surface area contributed by atoms with Gasteiger partial charge in [0.1, 0.15) is 16.9 Å². The molecule has 0 radical (unpaired) electrons. The third-order valence-corrected chi connectivity index (χ3v) is 4.96. The summed E-state index contributed by atoms with van der Waals surface area (Å²) in [5, 5.41) is 0.0923. The van der Waals surface area contributed by atoms with Gasteiger partial charge in [0.2, 0.25) is 6.79 Å². The first-order valence-electron chi connectivity index (χ1n) is 7.32. The van der Waals surface area contributed by atoms with Gasteiger partial charge in [-0.25, -0.2) is 4.18 Å². The van der Waals surface area contributed by atoms with Crippen molar-refractivity contribution in [3.8, 4) is 5.75 Å². The highest BCUT2D eigenvalue weighted by molar-refractivity contribution is 7.86. The fourth-order valence-corrected chi connectivity index (χ4v) is 3.32. The smallest absolute Gasteiger partial charge is 0.301 e. The Morgan fingerprint density at radius 1 is 1.08 bits per heavy atom. The number of rotatable bonds is 9. The zero-order chi connectivity index (χ0) is 17.4. The molecule has 0 heterocycles. The summed E-state index contributed by atoms with van der Waals surface area (Å²) in [7, 11) is -3.98. The third kappa shape index (κ3) is 5.33. The van der Waals surface area contributed by atoms with Gasteiger partial charge in [-0.2, -0.15) is 8.42 Å². The molecule has 7 heteroatoms. The predicted molar refractivity (Wildman–Crippen MR) is 90.7 cm³/mol. The largest absolute Gasteiger partial charge is 0.466 e. The van der Waals surface area contributed by atoms with Gasteiger partial charge in [-0.05, 0) is 42.7 Å². The highest BCUT2D eigenvalue weighted by Crippen LogP contribution is 2.22. The van der Waals surface area contributed by atoms with Gasteiger partial charge < -0.3 is 9.53 Å². The lowest BCUT2D eigenvalue weighted by atomic mass is 10.1. The van der Waals surface area contributed by atoms with Crippen molar-refractivity contribution >= 4 is 28.0 Å². The van der Waals surface area contributed by atoms with Crippen molar-refractivity contribution < 1.29 is 22.1 Å². The normalized spacial score (nSPS) is 11.2. The SMILES string of the molecule is O=CCCCc1cccc(OCOS(=O)(=O)c2ccccc2Cl)c1. The summed E-state index contributed by atoms with van der Waals surface area (Å²) in [5.41, 5.74) is 1.00. The molecule has 0 spiro atoms. The maximum absolute atomic E-state index is 12.1. The molecule has 0 amide bonds. The summed E-state index contributed by atoms with van der Waals surface area (Å²) in [6.07, 6.45) is 2.89. The molecule has 0 N–H and O–H groups in total. The molecular weight excluding hydrogens is 352 g/mol. The fourth-order valence-electron chi connectivity index (χ4n) is 2.05. The highest BCUT2D eigenvalue weighted by Gasteiger charge is 2.18. The van der Waals surface area contributed by atoms with Crippen molar-refractivity contribution in [1.82, 2.24) is 0 Å². The van der Waals surface area contributed by atoms with Crippen LogP contribution in [0.25, 0.3) is 0 Å². The molecule has 0 aromatic heterocycles. The van der Waals surface area contributed by atoms with Crippen molar-refractivity contribution in [2.45, 2.75) is 24.2 Å². The van der Waals surface area contributed by atoms with E-state index >= 15 is 0 Å². The van der Waals surface area contributed by atoms with Gasteiger partial charge in [0.05, 0.1) is 5.02 Å². The van der Waals surface area contributed by atoms with E-state index in [0.717, 1.165) is 24.7 Å². The van der Waals surface area contributed by atoms with E-state index in [1.165, 1.54) is 12.1 Å². The molecular formula is C17H17ClO5S. The lowest BCUT2D eigenvalue weighted by Gasteiger charge is -2.09. The van der Waals surface area contributed by atoms with Crippen LogP contribution in [0.4, 0.5) is 0 Å². The van der Waals surface area contributed by atoms with Crippen LogP contribution < -0.4 is 4.74 Å². The number of carbonyl (C=O) groups excluding carboxylic acids is 1. The fraction of sp³-hybridized carbons (Fsp3) is 0.235. The Bertz CT molecular complexity index is 789. The summed E-state index contributed by atoms with van der Waals surface area (Å²) in [6, 6.07) is 13.2. The molecule has 0 aliphatic carbocycles. The van der Waals surface area contributed by atoms with E-state index in [0.29, 0.717) is 12.2 Å². The maximum atomic E-state index is 12.1. The standard InChI is InChI=1S/C17H17ClO5S/c18-16-9-1-2-10-17(16)24(20,21)23-13-22-15-8-5-7-14(12-15)6-3-4-11-19/h1-2,5,7-12H,3-4,6,13H2. The van der Waals surface area contributed by atoms with E-state index < -0.39 is 16.9 Å². The van der Waals surface area contributed by atoms with E-state index in [4.69, 9.17) is 20.5 Å². The number of unbranched alkanes of at least 4 members (excludes halogenated alkanes) is 1. The molecule has 0 saturated heterocycles. The van der Waals surface area contributed by atoms with Gasteiger partial charge in [0.25, 0.3) is 0 Å². The zero-order valence-corrected chi connectivity index (χ0v) is 14.4. The van der Waals surface area contributed by atoms with Crippen LogP contribution in [0.15, 0.2) is 53.4 Å². The first-order chi connectivity index (χ1) is 11.5. The first kappa shape index (κ1) is 18.4. The number of halogens is 1. The molecule has 0 unspecified atom stereocenters. The second-order valence-corrected chi connectivity index (χ2v) is 6.96. The second kappa shape index (κ2) is 8.82. The molecule has 0 bridgehead atoms. The van der Waals surface area contributed by atoms with E-state index in [1.807, 2.05) is 6.07 Å². The lowest BCUT2D eigenvalue weighted by Crippen LogP contribution is -2.12. The first-order valence-corrected chi connectivity index (χ1v) is 9.11. The Hall–Kier alpha value is -1.89. The summed E-state index contributed by atoms with van der Waals surface area (Å²) >= 11 is 5.86. The summed E-state index contributed by atoms with van der Waals surface area (Å²) in [6.45, 7) is -0.453. The number of aryl methyl sites for hydroxylation is 1. The van der Waals surface area contributed by atoms with Crippen molar-refractivity contribution in [1.29, 1.82) is 0 Å². The summed E-state index contributed by atoms with van der Waals surface area (Å²) in [4.78, 5) is 10.2. The Morgan fingerprint density at radius 3 is 2.62 bits per heavy atom. The monoisotopic (exact) mass is 368 g/mol. The third-order valence-electron chi connectivity index (χ3n) is 3.22. The molecule has 2 rings (SSSR count). The molecule has 5 nitrogen and oxygen atoms in total. The van der Waals surface area contributed by atoms with E-state index in [1.54, 1.807) is 30.3 Å². The van der Waals surface area contributed by atoms with Crippen LogP contribution >= 0.6 is 11.6 Å². The zero-order valence-electron chi connectivity index (χ0n) is 12.9. The van der Waals surface area contributed by atoms with Crippen molar-refractivity contribution in [2.75, 3.05) is 6.79 Å². The number of aldehydes is 1. The van der Waals surface area contributed by atoms with Gasteiger partial charge in [-0.15, -0.1) is 0 Å². The van der Waals surface area contributed by atoms with Crippen LogP contribution in [-0.4, -0.2) is 21.5 Å². The van der Waals surface area contributed by atoms with Crippen LogP contribution in [-0.2, 0) is 25.5 Å². The number of hydrogen-bond donors (Lipinski definition) is 0. The van der Waals surface area contributed by atoms with Crippen molar-refractivity contribution in [3.63, 3.8) is 0 Å². The molecule has 0 fully saturated rings. The van der Waals surface area contributed by atoms with Gasteiger partial charge in [-0.1, -0.05) is 35.9 Å². The molecule has 0 atom stereocenters. The average molecular weight is 369 g/mol. The summed E-state index contributed by atoms with van der Waals surface area (Å²) < 4.78 is 34.3. The van der Waals surface area contributed by atoms with Gasteiger partial charge in [0.15, 0.2) is 0 Å². The van der Waals surface area contributed by atoms with Crippen LogP contribution in [0, 0.1) is 0 Å². The molecule has 0 saturated carbocycles. The van der Waals surface area contributed by atoms with Gasteiger partial charge >= 0.3 is 10.1 Å². The van der Waals surface area contributed by atoms with Crippen LogP contribution in [0.2, 0.25) is 5.02 Å². The van der Waals surface area contributed by atoms with Crippen molar-refractivity contribution in [2.24, 2.45) is 0 Å². The minimum absolute atomic E-state index is 0.0923. The van der Waals surface area contributed by atoms with E-state index in [2.05, 4.69) is 0 Å². The second-order valence-electron chi connectivity index (χ2n) is 4.97. The van der Waals surface area contributed by atoms with E-state index in [-0.39, 0.29) is 9.92 Å². The topological polar surface area (TPSA) is 69.7 Å². The molecule has 128 valence electrons. The minimum Gasteiger partial charge on any atom is -0.466 e. The van der Waals surface area contributed by atoms with E-state index in [9.17, 15) is 13.2 Å². The average Bonchev–Trinajstić information content (AvgIpc) is 2.55. The molecule has 0 aliphatic rings. The molecule has 2 aromatic rings. The number of carbonyl (C=O) groups is 1. The van der Waals surface area contributed by atoms with Crippen LogP contribution in [0.3, 0.4) is 0 Å². The lowest BCUT2D eigenvalue weighted by molar-refractivity contribution is -0.107. The van der Waals surface area contributed by atoms with Crippen LogP contribution in [0.5, 0.6) is 5.75 Å². The number of ether oxygens (including phenoxy) is 1. The predicted octanol–water partition coefficient (Wildman–Crippen LogP) is 3.60. The molecule has 2 aromatic carbocycles. The van der Waals surface area contributed by atoms with Gasteiger partial charge in [0, 0.05) is 6.42 Å². The molecule has 24 heavy (non-hydrogen) atoms. The highest BCUT2D eigenvalue weighted by atomic mass is 35.5. The Balaban J connectivity index is 1.93. The van der Waals surface area contributed by atoms with Crippen LogP contribution in [0.1, 0.15) is 18.4 Å². The van der Waals surface area contributed by atoms with Crippen molar-refractivity contribution in [3.05, 3.63) is 59.1 Å². The minimum atomic E-state index is -3.98.